The Morgan fingerprint density at radius 1 is 1.25 bits per heavy atom. The van der Waals surface area contributed by atoms with E-state index in [9.17, 15) is 9.59 Å². The van der Waals surface area contributed by atoms with Crippen LogP contribution in [0.1, 0.15) is 23.0 Å². The van der Waals surface area contributed by atoms with Gasteiger partial charge in [0.25, 0.3) is 5.91 Å². The number of carbonyl (C=O) groups is 2. The average molecular weight is 325 g/mol. The molecule has 0 spiro atoms. The first-order valence-electron chi connectivity index (χ1n) is 7.31. The Hall–Kier alpha value is -3.22. The maximum atomic E-state index is 12.2. The molecule has 24 heavy (non-hydrogen) atoms. The summed E-state index contributed by atoms with van der Waals surface area (Å²) in [6.45, 7) is 3.32. The Balaban J connectivity index is 1.65. The molecule has 2 heterocycles. The molecule has 3 rings (SSSR count). The molecule has 3 aromatic rings. The van der Waals surface area contributed by atoms with Crippen molar-refractivity contribution in [2.75, 3.05) is 5.32 Å². The minimum absolute atomic E-state index is 0.296. The molecule has 0 fully saturated rings. The second-order valence-corrected chi connectivity index (χ2v) is 5.24. The van der Waals surface area contributed by atoms with E-state index in [2.05, 4.69) is 15.3 Å². The predicted octanol–water partition coefficient (Wildman–Crippen LogP) is 2.72. The van der Waals surface area contributed by atoms with E-state index in [1.165, 1.54) is 13.3 Å². The highest BCUT2D eigenvalue weighted by Gasteiger charge is 2.20. The number of carbonyl (C=O) groups excluding carboxylic acids is 2. The molecule has 0 saturated heterocycles. The molecule has 122 valence electrons. The first-order chi connectivity index (χ1) is 11.5. The van der Waals surface area contributed by atoms with Crippen LogP contribution in [0.25, 0.3) is 11.1 Å². The van der Waals surface area contributed by atoms with E-state index in [1.807, 2.05) is 13.0 Å². The van der Waals surface area contributed by atoms with E-state index >= 15 is 0 Å². The number of hydrogen-bond acceptors (Lipinski definition) is 6. The smallest absolute Gasteiger partial charge is 0.338 e. The number of oxazole rings is 1. The van der Waals surface area contributed by atoms with Gasteiger partial charge in [-0.1, -0.05) is 6.07 Å². The molecule has 1 unspecified atom stereocenters. The van der Waals surface area contributed by atoms with Gasteiger partial charge < -0.3 is 14.5 Å². The second-order valence-electron chi connectivity index (χ2n) is 5.24. The summed E-state index contributed by atoms with van der Waals surface area (Å²) in [5.41, 5.74) is 2.19. The first-order valence-corrected chi connectivity index (χ1v) is 7.31. The number of nitrogens with zero attached hydrogens (tertiary/aromatic N) is 2. The maximum absolute atomic E-state index is 12.2. The molecular weight excluding hydrogens is 310 g/mol. The molecule has 7 heteroatoms. The van der Waals surface area contributed by atoms with Crippen molar-refractivity contribution in [2.45, 2.75) is 20.0 Å². The molecule has 7 nitrogen and oxygen atoms in total. The van der Waals surface area contributed by atoms with Gasteiger partial charge in [0.2, 0.25) is 0 Å². The SMILES string of the molecule is Cc1cccc(NC(=O)C(C)OC(=O)c2ccc3ocnc3c2)n1. The van der Waals surface area contributed by atoms with Gasteiger partial charge >= 0.3 is 5.97 Å². The largest absolute Gasteiger partial charge is 0.449 e. The standard InChI is InChI=1S/C17H15N3O4/c1-10-4-3-5-15(19-10)20-16(21)11(2)24-17(22)12-6-7-14-13(8-12)18-9-23-14/h3-9,11H,1-2H3,(H,19,20,21). The molecule has 0 saturated carbocycles. The number of aryl methyl sites for hydroxylation is 1. The highest BCUT2D eigenvalue weighted by molar-refractivity contribution is 5.98. The molecule has 0 aliphatic carbocycles. The Labute approximate surface area is 137 Å². The van der Waals surface area contributed by atoms with Gasteiger partial charge in [0.05, 0.1) is 5.56 Å². The van der Waals surface area contributed by atoms with Crippen molar-refractivity contribution in [3.05, 3.63) is 54.0 Å². The molecule has 0 radical (unpaired) electrons. The van der Waals surface area contributed by atoms with Crippen molar-refractivity contribution in [3.8, 4) is 0 Å². The lowest BCUT2D eigenvalue weighted by Crippen LogP contribution is -2.30. The van der Waals surface area contributed by atoms with Crippen LogP contribution in [0.4, 0.5) is 5.82 Å². The van der Waals surface area contributed by atoms with Crippen LogP contribution < -0.4 is 5.32 Å². The van der Waals surface area contributed by atoms with Gasteiger partial charge in [-0.15, -0.1) is 0 Å². The number of hydrogen-bond donors (Lipinski definition) is 1. The molecule has 0 bridgehead atoms. The summed E-state index contributed by atoms with van der Waals surface area (Å²) in [5.74, 6) is -0.657. The van der Waals surface area contributed by atoms with Crippen LogP contribution in [0, 0.1) is 6.92 Å². The Morgan fingerprint density at radius 3 is 2.88 bits per heavy atom. The minimum Gasteiger partial charge on any atom is -0.449 e. The highest BCUT2D eigenvalue weighted by Crippen LogP contribution is 2.15. The van der Waals surface area contributed by atoms with E-state index in [0.717, 1.165) is 5.69 Å². The van der Waals surface area contributed by atoms with Crippen molar-refractivity contribution in [1.29, 1.82) is 0 Å². The van der Waals surface area contributed by atoms with E-state index in [-0.39, 0.29) is 0 Å². The molecule has 0 aliphatic heterocycles. The van der Waals surface area contributed by atoms with Gasteiger partial charge in [-0.05, 0) is 44.2 Å². The van der Waals surface area contributed by atoms with Crippen LogP contribution in [-0.4, -0.2) is 27.9 Å². The third kappa shape index (κ3) is 3.40. The van der Waals surface area contributed by atoms with Crippen molar-refractivity contribution in [3.63, 3.8) is 0 Å². The molecule has 2 aromatic heterocycles. The number of anilines is 1. The topological polar surface area (TPSA) is 94.3 Å². The lowest BCUT2D eigenvalue weighted by atomic mass is 10.2. The fourth-order valence-corrected chi connectivity index (χ4v) is 2.11. The number of benzene rings is 1. The predicted molar refractivity (Wildman–Crippen MR) is 86.5 cm³/mol. The lowest BCUT2D eigenvalue weighted by Gasteiger charge is -2.13. The number of nitrogens with one attached hydrogen (secondary N) is 1. The van der Waals surface area contributed by atoms with Gasteiger partial charge in [0.15, 0.2) is 18.1 Å². The number of esters is 1. The van der Waals surface area contributed by atoms with Crippen molar-refractivity contribution in [2.24, 2.45) is 0 Å². The number of pyridine rings is 1. The Kier molecular flexibility index (Phi) is 4.24. The summed E-state index contributed by atoms with van der Waals surface area (Å²) in [4.78, 5) is 32.4. The molecule has 1 atom stereocenters. The molecule has 1 N–H and O–H groups in total. The summed E-state index contributed by atoms with van der Waals surface area (Å²) < 4.78 is 10.3. The summed E-state index contributed by atoms with van der Waals surface area (Å²) in [5, 5.41) is 2.61. The summed E-state index contributed by atoms with van der Waals surface area (Å²) >= 11 is 0. The summed E-state index contributed by atoms with van der Waals surface area (Å²) in [6.07, 6.45) is 0.331. The first kappa shape index (κ1) is 15.7. The normalized spacial score (nSPS) is 11.9. The number of fused-ring (bicyclic) bond motifs is 1. The highest BCUT2D eigenvalue weighted by atomic mass is 16.5. The van der Waals surface area contributed by atoms with E-state index < -0.39 is 18.0 Å². The molecule has 1 amide bonds. The number of rotatable bonds is 4. The number of aromatic nitrogens is 2. The van der Waals surface area contributed by atoms with Gasteiger partial charge in [0.1, 0.15) is 11.3 Å². The van der Waals surface area contributed by atoms with E-state index in [1.54, 1.807) is 30.3 Å². The second kappa shape index (κ2) is 6.49. The van der Waals surface area contributed by atoms with E-state index in [0.29, 0.717) is 22.5 Å². The zero-order valence-electron chi connectivity index (χ0n) is 13.1. The fourth-order valence-electron chi connectivity index (χ4n) is 2.11. The van der Waals surface area contributed by atoms with Crippen molar-refractivity contribution in [1.82, 2.24) is 9.97 Å². The van der Waals surface area contributed by atoms with Crippen LogP contribution in [0.3, 0.4) is 0 Å². The van der Waals surface area contributed by atoms with Crippen LogP contribution in [0.2, 0.25) is 0 Å². The maximum Gasteiger partial charge on any atom is 0.338 e. The van der Waals surface area contributed by atoms with Crippen LogP contribution in [0.15, 0.2) is 47.2 Å². The van der Waals surface area contributed by atoms with Gasteiger partial charge in [-0.25, -0.2) is 14.8 Å². The monoisotopic (exact) mass is 325 g/mol. The van der Waals surface area contributed by atoms with Crippen molar-refractivity contribution < 1.29 is 18.7 Å². The summed E-state index contributed by atoms with van der Waals surface area (Å²) in [6, 6.07) is 10.00. The molecular formula is C17H15N3O4. The van der Waals surface area contributed by atoms with Gasteiger partial charge in [0, 0.05) is 5.69 Å². The van der Waals surface area contributed by atoms with Crippen molar-refractivity contribution >= 4 is 28.8 Å². The van der Waals surface area contributed by atoms with Crippen LogP contribution in [0.5, 0.6) is 0 Å². The van der Waals surface area contributed by atoms with Crippen LogP contribution >= 0.6 is 0 Å². The number of ether oxygens (including phenoxy) is 1. The third-order valence-electron chi connectivity index (χ3n) is 3.36. The van der Waals surface area contributed by atoms with E-state index in [4.69, 9.17) is 9.15 Å². The Morgan fingerprint density at radius 2 is 2.08 bits per heavy atom. The number of amides is 1. The van der Waals surface area contributed by atoms with Gasteiger partial charge in [-0.2, -0.15) is 0 Å². The minimum atomic E-state index is -0.965. The average Bonchev–Trinajstić information content (AvgIpc) is 3.02. The fraction of sp³-hybridized carbons (Fsp3) is 0.176. The lowest BCUT2D eigenvalue weighted by molar-refractivity contribution is -0.123. The summed E-state index contributed by atoms with van der Waals surface area (Å²) in [7, 11) is 0. The zero-order chi connectivity index (χ0) is 17.1. The molecule has 0 aliphatic rings. The molecule has 1 aromatic carbocycles. The zero-order valence-corrected chi connectivity index (χ0v) is 13.1. The third-order valence-corrected chi connectivity index (χ3v) is 3.36. The van der Waals surface area contributed by atoms with Crippen LogP contribution in [-0.2, 0) is 9.53 Å². The Bertz CT molecular complexity index is 903. The van der Waals surface area contributed by atoms with Gasteiger partial charge in [-0.3, -0.25) is 4.79 Å². The quantitative estimate of drug-likeness (QED) is 0.741.